The lowest BCUT2D eigenvalue weighted by atomic mass is 10.1. The Morgan fingerprint density at radius 1 is 0.781 bits per heavy atom. The van der Waals surface area contributed by atoms with E-state index in [2.05, 4.69) is 0 Å². The van der Waals surface area contributed by atoms with Gasteiger partial charge in [0.25, 0.3) is 17.4 Å². The van der Waals surface area contributed by atoms with E-state index in [4.69, 9.17) is 16.6 Å². The smallest absolute Gasteiger partial charge is 0.266 e. The maximum atomic E-state index is 13.3. The van der Waals surface area contributed by atoms with Crippen LogP contribution in [0.2, 0.25) is 5.02 Å². The molecule has 2 amide bonds. The number of benzene rings is 3. The molecule has 5 rings (SSSR count). The van der Waals surface area contributed by atoms with Gasteiger partial charge in [-0.3, -0.25) is 23.9 Å². The molecule has 158 valence electrons. The van der Waals surface area contributed by atoms with Crippen LogP contribution in [0.5, 0.6) is 0 Å². The highest BCUT2D eigenvalue weighted by Gasteiger charge is 2.34. The number of nitrogens with zero attached hydrogens (tertiary/aromatic N) is 3. The lowest BCUT2D eigenvalue weighted by Crippen LogP contribution is -2.31. The summed E-state index contributed by atoms with van der Waals surface area (Å²) < 4.78 is 1.52. The van der Waals surface area contributed by atoms with Crippen LogP contribution in [0.25, 0.3) is 16.6 Å². The van der Waals surface area contributed by atoms with Crippen LogP contribution in [0, 0.1) is 0 Å². The highest BCUT2D eigenvalue weighted by Crippen LogP contribution is 2.24. The van der Waals surface area contributed by atoms with Gasteiger partial charge in [0.1, 0.15) is 5.82 Å². The van der Waals surface area contributed by atoms with E-state index in [1.807, 2.05) is 12.1 Å². The molecule has 0 fully saturated rings. The maximum Gasteiger partial charge on any atom is 0.266 e. The molecule has 0 N–H and O–H groups in total. The van der Waals surface area contributed by atoms with E-state index in [1.54, 1.807) is 60.7 Å². The fraction of sp³-hybridized carbons (Fsp3) is 0.120. The average molecular weight is 444 g/mol. The zero-order valence-corrected chi connectivity index (χ0v) is 17.7. The quantitative estimate of drug-likeness (QED) is 0.432. The van der Waals surface area contributed by atoms with Crippen LogP contribution in [0.1, 0.15) is 33.0 Å². The molecule has 1 aliphatic heterocycles. The Hall–Kier alpha value is -3.77. The molecule has 32 heavy (non-hydrogen) atoms. The van der Waals surface area contributed by atoms with Crippen LogP contribution in [-0.4, -0.2) is 32.8 Å². The first-order valence-electron chi connectivity index (χ1n) is 10.3. The molecule has 0 atom stereocenters. The number of hydrogen-bond acceptors (Lipinski definition) is 4. The SMILES string of the molecule is O=C1c2ccccc2C(=O)N1CCCc1nc2ccccc2c(=O)n1-c1ccccc1Cl. The minimum Gasteiger partial charge on any atom is -0.274 e. The van der Waals surface area contributed by atoms with Crippen molar-refractivity contribution in [1.29, 1.82) is 0 Å². The van der Waals surface area contributed by atoms with Crippen LogP contribution in [0.4, 0.5) is 0 Å². The molecular weight excluding hydrogens is 426 g/mol. The zero-order chi connectivity index (χ0) is 22.2. The Kier molecular flexibility index (Phi) is 5.07. The third-order valence-corrected chi connectivity index (χ3v) is 5.92. The van der Waals surface area contributed by atoms with Gasteiger partial charge in [-0.1, -0.05) is 48.0 Å². The molecule has 0 aliphatic carbocycles. The summed E-state index contributed by atoms with van der Waals surface area (Å²) in [4.78, 5) is 44.5. The molecule has 2 heterocycles. The molecule has 0 saturated heterocycles. The van der Waals surface area contributed by atoms with Gasteiger partial charge in [0, 0.05) is 13.0 Å². The summed E-state index contributed by atoms with van der Waals surface area (Å²) >= 11 is 6.40. The van der Waals surface area contributed by atoms with E-state index in [0.717, 1.165) is 0 Å². The van der Waals surface area contributed by atoms with Gasteiger partial charge < -0.3 is 0 Å². The predicted molar refractivity (Wildman–Crippen MR) is 122 cm³/mol. The van der Waals surface area contributed by atoms with Crippen molar-refractivity contribution in [1.82, 2.24) is 14.5 Å². The number of carbonyl (C=O) groups is 2. The highest BCUT2D eigenvalue weighted by molar-refractivity contribution is 6.32. The Labute approximate surface area is 188 Å². The number of hydrogen-bond donors (Lipinski definition) is 0. The summed E-state index contributed by atoms with van der Waals surface area (Å²) in [5, 5.41) is 0.935. The van der Waals surface area contributed by atoms with Gasteiger partial charge in [0.05, 0.1) is 32.7 Å². The van der Waals surface area contributed by atoms with Crippen molar-refractivity contribution >= 4 is 34.3 Å². The van der Waals surface area contributed by atoms with Crippen molar-refractivity contribution in [2.24, 2.45) is 0 Å². The second kappa shape index (κ2) is 8.05. The van der Waals surface area contributed by atoms with Crippen molar-refractivity contribution in [3.8, 4) is 5.69 Å². The largest absolute Gasteiger partial charge is 0.274 e. The van der Waals surface area contributed by atoms with Crippen LogP contribution in [-0.2, 0) is 6.42 Å². The molecule has 1 aliphatic rings. The Balaban J connectivity index is 1.48. The third-order valence-electron chi connectivity index (χ3n) is 5.60. The number of para-hydroxylation sites is 2. The molecule has 1 aromatic heterocycles. The molecule has 0 saturated carbocycles. The average Bonchev–Trinajstić information content (AvgIpc) is 3.05. The number of halogens is 1. The van der Waals surface area contributed by atoms with E-state index in [1.165, 1.54) is 9.47 Å². The molecule has 0 radical (unpaired) electrons. The van der Waals surface area contributed by atoms with Crippen molar-refractivity contribution in [2.75, 3.05) is 6.54 Å². The molecule has 0 spiro atoms. The number of aromatic nitrogens is 2. The summed E-state index contributed by atoms with van der Waals surface area (Å²) in [6.07, 6.45) is 0.847. The standard InChI is InChI=1S/C25H18ClN3O3/c26-19-11-4-6-13-21(19)29-22(27-20-12-5-3-10-18(20)25(29)32)14-7-15-28-23(30)16-8-1-2-9-17(16)24(28)31/h1-6,8-13H,7,14-15H2. The normalized spacial score (nSPS) is 13.1. The summed E-state index contributed by atoms with van der Waals surface area (Å²) in [6, 6.07) is 21.1. The topological polar surface area (TPSA) is 72.3 Å². The summed E-state index contributed by atoms with van der Waals surface area (Å²) in [5.41, 5.74) is 1.78. The van der Waals surface area contributed by atoms with Gasteiger partial charge in [-0.05, 0) is 42.8 Å². The second-order valence-corrected chi connectivity index (χ2v) is 7.96. The molecule has 3 aromatic carbocycles. The monoisotopic (exact) mass is 443 g/mol. The molecule has 7 heteroatoms. The Morgan fingerprint density at radius 2 is 1.41 bits per heavy atom. The van der Waals surface area contributed by atoms with Crippen molar-refractivity contribution in [2.45, 2.75) is 12.8 Å². The van der Waals surface area contributed by atoms with Crippen molar-refractivity contribution in [3.05, 3.63) is 105 Å². The van der Waals surface area contributed by atoms with E-state index in [9.17, 15) is 14.4 Å². The molecule has 6 nitrogen and oxygen atoms in total. The van der Waals surface area contributed by atoms with E-state index in [0.29, 0.717) is 51.4 Å². The number of carbonyl (C=O) groups excluding carboxylic acids is 2. The first-order valence-corrected chi connectivity index (χ1v) is 10.6. The minimum atomic E-state index is -0.291. The fourth-order valence-electron chi connectivity index (χ4n) is 4.07. The number of amides is 2. The van der Waals surface area contributed by atoms with Gasteiger partial charge in [0.2, 0.25) is 0 Å². The lowest BCUT2D eigenvalue weighted by molar-refractivity contribution is 0.0652. The number of aryl methyl sites for hydroxylation is 1. The van der Waals surface area contributed by atoms with E-state index >= 15 is 0 Å². The first-order chi connectivity index (χ1) is 15.6. The van der Waals surface area contributed by atoms with Crippen LogP contribution >= 0.6 is 11.6 Å². The zero-order valence-electron chi connectivity index (χ0n) is 17.0. The van der Waals surface area contributed by atoms with Gasteiger partial charge >= 0.3 is 0 Å². The molecule has 0 bridgehead atoms. The fourth-order valence-corrected chi connectivity index (χ4v) is 4.29. The van der Waals surface area contributed by atoms with Gasteiger partial charge in [0.15, 0.2) is 0 Å². The van der Waals surface area contributed by atoms with E-state index < -0.39 is 0 Å². The van der Waals surface area contributed by atoms with Gasteiger partial charge in [-0.15, -0.1) is 0 Å². The molecular formula is C25H18ClN3O3. The summed E-state index contributed by atoms with van der Waals surface area (Å²) in [7, 11) is 0. The minimum absolute atomic E-state index is 0.209. The Bertz CT molecular complexity index is 1410. The first kappa shape index (κ1) is 20.2. The second-order valence-electron chi connectivity index (χ2n) is 7.55. The maximum absolute atomic E-state index is 13.3. The number of fused-ring (bicyclic) bond motifs is 2. The number of rotatable bonds is 5. The van der Waals surface area contributed by atoms with Crippen LogP contribution in [0.15, 0.2) is 77.6 Å². The van der Waals surface area contributed by atoms with Crippen LogP contribution in [0.3, 0.4) is 0 Å². The predicted octanol–water partition coefficient (Wildman–Crippen LogP) is 4.27. The van der Waals surface area contributed by atoms with E-state index in [-0.39, 0.29) is 23.9 Å². The van der Waals surface area contributed by atoms with Gasteiger partial charge in [-0.25, -0.2) is 4.98 Å². The van der Waals surface area contributed by atoms with Crippen molar-refractivity contribution < 1.29 is 9.59 Å². The molecule has 4 aromatic rings. The third kappa shape index (κ3) is 3.29. The molecule has 0 unspecified atom stereocenters. The summed E-state index contributed by atoms with van der Waals surface area (Å²) in [6.45, 7) is 0.234. The lowest BCUT2D eigenvalue weighted by Gasteiger charge is -2.17. The van der Waals surface area contributed by atoms with Crippen molar-refractivity contribution in [3.63, 3.8) is 0 Å². The highest BCUT2D eigenvalue weighted by atomic mass is 35.5. The Morgan fingerprint density at radius 3 is 2.12 bits per heavy atom. The van der Waals surface area contributed by atoms with Crippen LogP contribution < -0.4 is 5.56 Å². The summed E-state index contributed by atoms with van der Waals surface area (Å²) in [5.74, 6) is -0.0560. The number of imide groups is 1. The van der Waals surface area contributed by atoms with Gasteiger partial charge in [-0.2, -0.15) is 0 Å².